The van der Waals surface area contributed by atoms with Crippen LogP contribution in [0.15, 0.2) is 0 Å². The van der Waals surface area contributed by atoms with Crippen molar-refractivity contribution in [1.82, 2.24) is 5.32 Å². The van der Waals surface area contributed by atoms with E-state index < -0.39 is 11.4 Å². The molecule has 1 atom stereocenters. The third-order valence-electron chi connectivity index (χ3n) is 4.08. The number of carboxylic acids is 1. The summed E-state index contributed by atoms with van der Waals surface area (Å²) in [5, 5.41) is 12.8. The van der Waals surface area contributed by atoms with Gasteiger partial charge in [0, 0.05) is 12.1 Å². The Labute approximate surface area is 91.2 Å². The first-order valence-electron chi connectivity index (χ1n) is 6.18. The smallest absolute Gasteiger partial charge is 0.311 e. The van der Waals surface area contributed by atoms with Gasteiger partial charge < -0.3 is 10.4 Å². The highest BCUT2D eigenvalue weighted by molar-refractivity contribution is 5.78. The van der Waals surface area contributed by atoms with Crippen molar-refractivity contribution in [1.29, 1.82) is 0 Å². The van der Waals surface area contributed by atoms with E-state index in [-0.39, 0.29) is 6.04 Å². The molecule has 0 spiro atoms. The molecule has 1 unspecified atom stereocenters. The van der Waals surface area contributed by atoms with Gasteiger partial charge in [-0.05, 0) is 32.1 Å². The number of hydrogen-bond acceptors (Lipinski definition) is 2. The minimum absolute atomic E-state index is 0.193. The van der Waals surface area contributed by atoms with Crippen LogP contribution in [0.2, 0.25) is 0 Å². The third-order valence-corrected chi connectivity index (χ3v) is 4.08. The van der Waals surface area contributed by atoms with Crippen molar-refractivity contribution in [2.24, 2.45) is 5.41 Å². The molecule has 0 aromatic rings. The summed E-state index contributed by atoms with van der Waals surface area (Å²) in [4.78, 5) is 11.2. The van der Waals surface area contributed by atoms with Gasteiger partial charge in [0.2, 0.25) is 0 Å². The van der Waals surface area contributed by atoms with Crippen molar-refractivity contribution in [3.63, 3.8) is 0 Å². The summed E-state index contributed by atoms with van der Waals surface area (Å²) in [6, 6.07) is 0.768. The van der Waals surface area contributed by atoms with Crippen LogP contribution < -0.4 is 5.32 Å². The summed E-state index contributed by atoms with van der Waals surface area (Å²) in [5.41, 5.74) is -0.419. The van der Waals surface area contributed by atoms with E-state index >= 15 is 0 Å². The highest BCUT2D eigenvalue weighted by atomic mass is 16.4. The van der Waals surface area contributed by atoms with E-state index in [4.69, 9.17) is 0 Å². The number of nitrogens with one attached hydrogen (secondary N) is 1. The minimum atomic E-state index is -0.597. The SMILES string of the molecule is CCC(NC1CCCC1)C1(C(=O)O)CC1. The number of aliphatic carboxylic acids is 1. The van der Waals surface area contributed by atoms with Crippen LogP contribution in [-0.4, -0.2) is 23.2 Å². The average molecular weight is 211 g/mol. The van der Waals surface area contributed by atoms with Crippen LogP contribution in [0.5, 0.6) is 0 Å². The fraction of sp³-hybridized carbons (Fsp3) is 0.917. The minimum Gasteiger partial charge on any atom is -0.481 e. The Morgan fingerprint density at radius 2 is 2.07 bits per heavy atom. The van der Waals surface area contributed by atoms with E-state index in [0.29, 0.717) is 6.04 Å². The van der Waals surface area contributed by atoms with Crippen LogP contribution in [0.25, 0.3) is 0 Å². The van der Waals surface area contributed by atoms with Gasteiger partial charge in [-0.2, -0.15) is 0 Å². The van der Waals surface area contributed by atoms with Crippen molar-refractivity contribution in [3.8, 4) is 0 Å². The zero-order valence-electron chi connectivity index (χ0n) is 9.46. The molecule has 2 rings (SSSR count). The summed E-state index contributed by atoms with van der Waals surface area (Å²) in [5.74, 6) is -0.597. The monoisotopic (exact) mass is 211 g/mol. The van der Waals surface area contributed by atoms with Crippen molar-refractivity contribution in [2.45, 2.75) is 64.0 Å². The van der Waals surface area contributed by atoms with Crippen LogP contribution >= 0.6 is 0 Å². The molecule has 2 N–H and O–H groups in total. The van der Waals surface area contributed by atoms with Gasteiger partial charge in [-0.3, -0.25) is 4.79 Å². The fourth-order valence-electron chi connectivity index (χ4n) is 2.89. The van der Waals surface area contributed by atoms with Crippen LogP contribution in [0.3, 0.4) is 0 Å². The molecule has 2 aliphatic carbocycles. The lowest BCUT2D eigenvalue weighted by molar-refractivity contribution is -0.144. The predicted molar refractivity (Wildman–Crippen MR) is 58.8 cm³/mol. The maximum absolute atomic E-state index is 11.2. The first kappa shape index (κ1) is 10.9. The Morgan fingerprint density at radius 3 is 2.47 bits per heavy atom. The molecule has 0 aromatic carbocycles. The maximum atomic E-state index is 11.2. The van der Waals surface area contributed by atoms with Crippen molar-refractivity contribution >= 4 is 5.97 Å². The lowest BCUT2D eigenvalue weighted by Crippen LogP contribution is -2.45. The Bertz CT molecular complexity index is 242. The molecule has 15 heavy (non-hydrogen) atoms. The first-order chi connectivity index (χ1) is 7.19. The van der Waals surface area contributed by atoms with Crippen LogP contribution in [-0.2, 0) is 4.79 Å². The molecule has 0 amide bonds. The van der Waals surface area contributed by atoms with E-state index in [2.05, 4.69) is 12.2 Å². The van der Waals surface area contributed by atoms with Gasteiger partial charge in [0.05, 0.1) is 5.41 Å². The number of rotatable bonds is 5. The number of hydrogen-bond donors (Lipinski definition) is 2. The van der Waals surface area contributed by atoms with E-state index in [1.54, 1.807) is 0 Å². The molecule has 86 valence electrons. The Kier molecular flexibility index (Phi) is 3.01. The van der Waals surface area contributed by atoms with Gasteiger partial charge in [0.15, 0.2) is 0 Å². The van der Waals surface area contributed by atoms with Crippen LogP contribution in [0.1, 0.15) is 51.9 Å². The zero-order chi connectivity index (χ0) is 10.9. The van der Waals surface area contributed by atoms with Gasteiger partial charge in [-0.1, -0.05) is 19.8 Å². The molecule has 0 radical (unpaired) electrons. The van der Waals surface area contributed by atoms with E-state index in [0.717, 1.165) is 19.3 Å². The molecule has 2 fully saturated rings. The summed E-state index contributed by atoms with van der Waals surface area (Å²) in [6.45, 7) is 2.09. The summed E-state index contributed by atoms with van der Waals surface area (Å²) in [6.07, 6.45) is 7.71. The summed E-state index contributed by atoms with van der Waals surface area (Å²) in [7, 11) is 0. The molecule has 0 aliphatic heterocycles. The van der Waals surface area contributed by atoms with Crippen molar-refractivity contribution in [2.75, 3.05) is 0 Å². The second-order valence-electron chi connectivity index (χ2n) is 5.07. The lowest BCUT2D eigenvalue weighted by atomic mass is 9.93. The van der Waals surface area contributed by atoms with Crippen LogP contribution in [0.4, 0.5) is 0 Å². The molecule has 3 heteroatoms. The second kappa shape index (κ2) is 4.12. The Balaban J connectivity index is 1.94. The Hall–Kier alpha value is -0.570. The standard InChI is InChI=1S/C12H21NO2/c1-2-10(12(7-8-12)11(14)15)13-9-5-3-4-6-9/h9-10,13H,2-8H2,1H3,(H,14,15). The molecule has 0 saturated heterocycles. The molecule has 0 bridgehead atoms. The van der Waals surface area contributed by atoms with E-state index in [1.165, 1.54) is 25.7 Å². The van der Waals surface area contributed by atoms with Gasteiger partial charge in [0.25, 0.3) is 0 Å². The quantitative estimate of drug-likeness (QED) is 0.732. The number of carbonyl (C=O) groups is 1. The van der Waals surface area contributed by atoms with Crippen molar-refractivity contribution < 1.29 is 9.90 Å². The third kappa shape index (κ3) is 2.03. The molecule has 2 aliphatic rings. The molecular formula is C12H21NO2. The van der Waals surface area contributed by atoms with Crippen molar-refractivity contribution in [3.05, 3.63) is 0 Å². The van der Waals surface area contributed by atoms with E-state index in [9.17, 15) is 9.90 Å². The topological polar surface area (TPSA) is 49.3 Å². The largest absolute Gasteiger partial charge is 0.481 e. The lowest BCUT2D eigenvalue weighted by Gasteiger charge is -2.27. The van der Waals surface area contributed by atoms with E-state index in [1.807, 2.05) is 0 Å². The highest BCUT2D eigenvalue weighted by Gasteiger charge is 2.55. The molecular weight excluding hydrogens is 190 g/mol. The molecule has 3 nitrogen and oxygen atoms in total. The average Bonchev–Trinajstić information content (AvgIpc) is 2.87. The van der Waals surface area contributed by atoms with Crippen LogP contribution in [0, 0.1) is 5.41 Å². The van der Waals surface area contributed by atoms with Gasteiger partial charge in [-0.25, -0.2) is 0 Å². The maximum Gasteiger partial charge on any atom is 0.311 e. The second-order valence-corrected chi connectivity index (χ2v) is 5.07. The molecule has 0 heterocycles. The highest BCUT2D eigenvalue weighted by Crippen LogP contribution is 2.50. The van der Waals surface area contributed by atoms with Gasteiger partial charge in [0.1, 0.15) is 0 Å². The van der Waals surface area contributed by atoms with Gasteiger partial charge in [-0.15, -0.1) is 0 Å². The summed E-state index contributed by atoms with van der Waals surface area (Å²) < 4.78 is 0. The molecule has 2 saturated carbocycles. The normalized spacial score (nSPS) is 26.5. The fourth-order valence-corrected chi connectivity index (χ4v) is 2.89. The summed E-state index contributed by atoms with van der Waals surface area (Å²) >= 11 is 0. The number of carboxylic acid groups (broad SMARTS) is 1. The first-order valence-corrected chi connectivity index (χ1v) is 6.18. The Morgan fingerprint density at radius 1 is 1.47 bits per heavy atom. The predicted octanol–water partition coefficient (Wildman–Crippen LogP) is 2.16. The molecule has 0 aromatic heterocycles. The zero-order valence-corrected chi connectivity index (χ0v) is 9.46. The van der Waals surface area contributed by atoms with Gasteiger partial charge >= 0.3 is 5.97 Å².